The average molecular weight is 251 g/mol. The summed E-state index contributed by atoms with van der Waals surface area (Å²) in [6.07, 6.45) is 1.16. The summed E-state index contributed by atoms with van der Waals surface area (Å²) in [5.41, 5.74) is -1.16. The number of hydrogen-bond acceptors (Lipinski definition) is 4. The summed E-state index contributed by atoms with van der Waals surface area (Å²) >= 11 is 0. The number of fused-ring (bicyclic) bond motifs is 1. The maximum absolute atomic E-state index is 11.9. The van der Waals surface area contributed by atoms with Crippen LogP contribution in [0, 0.1) is 11.8 Å². The lowest BCUT2D eigenvalue weighted by Crippen LogP contribution is -2.40. The van der Waals surface area contributed by atoms with Crippen molar-refractivity contribution in [3.05, 3.63) is 32.6 Å². The molecule has 1 aromatic rings. The lowest BCUT2D eigenvalue weighted by atomic mass is 10.3. The van der Waals surface area contributed by atoms with Crippen molar-refractivity contribution in [3.63, 3.8) is 0 Å². The Labute approximate surface area is 102 Å². The van der Waals surface area contributed by atoms with Crippen LogP contribution in [-0.2, 0) is 11.8 Å². The third kappa shape index (κ3) is 1.59. The van der Waals surface area contributed by atoms with Crippen LogP contribution in [0.1, 0.15) is 10.4 Å². The minimum absolute atomic E-state index is 0.0389. The fourth-order valence-electron chi connectivity index (χ4n) is 2.41. The van der Waals surface area contributed by atoms with Gasteiger partial charge in [0.15, 0.2) is 0 Å². The number of H-pyrrole nitrogens is 1. The number of rotatable bonds is 2. The molecule has 0 spiro atoms. The Morgan fingerprint density at radius 1 is 1.44 bits per heavy atom. The molecule has 2 N–H and O–H groups in total. The van der Waals surface area contributed by atoms with Crippen molar-refractivity contribution in [1.82, 2.24) is 14.9 Å². The van der Waals surface area contributed by atoms with Crippen molar-refractivity contribution in [2.24, 2.45) is 18.9 Å². The topological polar surface area (TPSA) is 93.2 Å². The number of nitrogens with one attached hydrogen (secondary N) is 2. The van der Waals surface area contributed by atoms with Gasteiger partial charge in [-0.25, -0.2) is 4.79 Å². The molecule has 1 aliphatic heterocycles. The van der Waals surface area contributed by atoms with Crippen molar-refractivity contribution >= 4 is 5.91 Å². The number of carbonyl (C=O) groups excluding carboxylic acids is 1. The molecule has 7 nitrogen and oxygen atoms in total. The van der Waals surface area contributed by atoms with E-state index in [1.54, 1.807) is 0 Å². The van der Waals surface area contributed by atoms with E-state index in [-0.39, 0.29) is 11.6 Å². The largest absolute Gasteiger partial charge is 0.381 e. The maximum atomic E-state index is 11.9. The molecule has 2 fully saturated rings. The van der Waals surface area contributed by atoms with Gasteiger partial charge in [-0.2, -0.15) is 0 Å². The average Bonchev–Trinajstić information content (AvgIpc) is 2.78. The highest BCUT2D eigenvalue weighted by Gasteiger charge is 2.54. The summed E-state index contributed by atoms with van der Waals surface area (Å²) in [6.45, 7) is 1.33. The zero-order valence-corrected chi connectivity index (χ0v) is 9.80. The monoisotopic (exact) mass is 251 g/mol. The van der Waals surface area contributed by atoms with E-state index >= 15 is 0 Å². The van der Waals surface area contributed by atoms with Gasteiger partial charge in [0, 0.05) is 31.1 Å². The Kier molecular flexibility index (Phi) is 2.37. The molecule has 1 aliphatic carbocycles. The van der Waals surface area contributed by atoms with Crippen molar-refractivity contribution < 1.29 is 9.53 Å². The van der Waals surface area contributed by atoms with Crippen molar-refractivity contribution in [3.8, 4) is 0 Å². The second-order valence-electron chi connectivity index (χ2n) is 4.74. The summed E-state index contributed by atoms with van der Waals surface area (Å²) in [5.74, 6) is 0.312. The van der Waals surface area contributed by atoms with E-state index in [4.69, 9.17) is 4.74 Å². The van der Waals surface area contributed by atoms with Crippen LogP contribution < -0.4 is 16.6 Å². The van der Waals surface area contributed by atoms with Crippen molar-refractivity contribution in [1.29, 1.82) is 0 Å². The van der Waals surface area contributed by atoms with Crippen LogP contribution in [0.15, 0.2) is 15.8 Å². The zero-order valence-electron chi connectivity index (χ0n) is 9.80. The first kappa shape index (κ1) is 11.2. The predicted octanol–water partition coefficient (Wildman–Crippen LogP) is -1.55. The summed E-state index contributed by atoms with van der Waals surface area (Å²) in [4.78, 5) is 37.2. The molecule has 18 heavy (non-hydrogen) atoms. The Morgan fingerprint density at radius 3 is 2.78 bits per heavy atom. The quantitative estimate of drug-likeness (QED) is 0.665. The fourth-order valence-corrected chi connectivity index (χ4v) is 2.41. The van der Waals surface area contributed by atoms with Crippen LogP contribution in [0.25, 0.3) is 0 Å². The van der Waals surface area contributed by atoms with Gasteiger partial charge in [0.1, 0.15) is 5.56 Å². The van der Waals surface area contributed by atoms with Crippen LogP contribution >= 0.6 is 0 Å². The van der Waals surface area contributed by atoms with E-state index in [1.807, 2.05) is 0 Å². The standard InChI is InChI=1S/C11H13N3O4/c1-14-10(16)5(2-12-11(14)17)9(15)13-8-6-3-18-4-7(6)8/h2,6-8H,3-4H2,1H3,(H,12,17)(H,13,15)/t6-,7+,8?. The molecule has 0 aromatic carbocycles. The molecule has 0 bridgehead atoms. The van der Waals surface area contributed by atoms with Gasteiger partial charge in [-0.05, 0) is 0 Å². The van der Waals surface area contributed by atoms with E-state index in [0.29, 0.717) is 25.0 Å². The van der Waals surface area contributed by atoms with Gasteiger partial charge >= 0.3 is 5.69 Å². The minimum atomic E-state index is -0.585. The van der Waals surface area contributed by atoms with Gasteiger partial charge in [0.25, 0.3) is 11.5 Å². The van der Waals surface area contributed by atoms with Gasteiger partial charge in [-0.15, -0.1) is 0 Å². The van der Waals surface area contributed by atoms with E-state index in [0.717, 1.165) is 10.8 Å². The third-order valence-electron chi connectivity index (χ3n) is 3.67. The summed E-state index contributed by atoms with van der Waals surface area (Å²) in [5, 5.41) is 2.81. The van der Waals surface area contributed by atoms with Crippen LogP contribution in [-0.4, -0.2) is 34.7 Å². The van der Waals surface area contributed by atoms with E-state index in [1.165, 1.54) is 7.05 Å². The van der Waals surface area contributed by atoms with Gasteiger partial charge < -0.3 is 15.0 Å². The van der Waals surface area contributed by atoms with Gasteiger partial charge in [-0.1, -0.05) is 0 Å². The number of nitrogens with zero attached hydrogens (tertiary/aromatic N) is 1. The number of amides is 1. The molecule has 1 aromatic heterocycles. The maximum Gasteiger partial charge on any atom is 0.328 e. The normalized spacial score (nSPS) is 28.8. The number of ether oxygens (including phenoxy) is 1. The van der Waals surface area contributed by atoms with E-state index < -0.39 is 17.2 Å². The first-order chi connectivity index (χ1) is 8.59. The van der Waals surface area contributed by atoms with Crippen molar-refractivity contribution in [2.75, 3.05) is 13.2 Å². The minimum Gasteiger partial charge on any atom is -0.381 e. The Balaban J connectivity index is 1.79. The number of aromatic nitrogens is 2. The van der Waals surface area contributed by atoms with E-state index in [2.05, 4.69) is 10.3 Å². The number of carbonyl (C=O) groups is 1. The Bertz CT molecular complexity index is 607. The van der Waals surface area contributed by atoms with E-state index in [9.17, 15) is 14.4 Å². The molecule has 96 valence electrons. The number of aromatic amines is 1. The molecule has 2 aliphatic rings. The molecule has 1 amide bonds. The molecule has 1 saturated heterocycles. The Hall–Kier alpha value is -1.89. The van der Waals surface area contributed by atoms with Crippen LogP contribution in [0.4, 0.5) is 0 Å². The van der Waals surface area contributed by atoms with Crippen LogP contribution in [0.3, 0.4) is 0 Å². The summed E-state index contributed by atoms with van der Waals surface area (Å²) in [6, 6.07) is 0.0999. The SMILES string of the molecule is Cn1c(=O)[nH]cc(C(=O)NC2[C@H]3COC[C@@H]23)c1=O. The summed E-state index contributed by atoms with van der Waals surface area (Å²) < 4.78 is 6.10. The fraction of sp³-hybridized carbons (Fsp3) is 0.545. The predicted molar refractivity (Wildman–Crippen MR) is 61.4 cm³/mol. The molecule has 3 rings (SSSR count). The molecular weight excluding hydrogens is 238 g/mol. The smallest absolute Gasteiger partial charge is 0.328 e. The lowest BCUT2D eigenvalue weighted by molar-refractivity contribution is 0.0926. The second kappa shape index (κ2) is 3.81. The molecule has 2 heterocycles. The molecule has 1 saturated carbocycles. The highest BCUT2D eigenvalue weighted by molar-refractivity contribution is 5.94. The second-order valence-corrected chi connectivity index (χ2v) is 4.74. The first-order valence-electron chi connectivity index (χ1n) is 5.77. The lowest BCUT2D eigenvalue weighted by Gasteiger charge is -2.07. The molecular formula is C11H13N3O4. The molecule has 7 heteroatoms. The van der Waals surface area contributed by atoms with Gasteiger partial charge in [0.2, 0.25) is 0 Å². The zero-order chi connectivity index (χ0) is 12.9. The number of hydrogen-bond donors (Lipinski definition) is 2. The highest BCUT2D eigenvalue weighted by Crippen LogP contribution is 2.44. The van der Waals surface area contributed by atoms with Gasteiger partial charge in [0.05, 0.1) is 13.2 Å². The molecule has 0 radical (unpaired) electrons. The van der Waals surface area contributed by atoms with Crippen molar-refractivity contribution in [2.45, 2.75) is 6.04 Å². The molecule has 1 unspecified atom stereocenters. The first-order valence-corrected chi connectivity index (χ1v) is 5.77. The highest BCUT2D eigenvalue weighted by atomic mass is 16.5. The Morgan fingerprint density at radius 2 is 2.11 bits per heavy atom. The molecule has 3 atom stereocenters. The summed E-state index contributed by atoms with van der Waals surface area (Å²) in [7, 11) is 1.33. The van der Waals surface area contributed by atoms with Gasteiger partial charge in [-0.3, -0.25) is 14.2 Å². The van der Waals surface area contributed by atoms with Crippen LogP contribution in [0.5, 0.6) is 0 Å². The third-order valence-corrected chi connectivity index (χ3v) is 3.67. The van der Waals surface area contributed by atoms with Crippen LogP contribution in [0.2, 0.25) is 0 Å².